The third-order valence-corrected chi connectivity index (χ3v) is 3.31. The average molecular weight is 342 g/mol. The van der Waals surface area contributed by atoms with Gasteiger partial charge in [0, 0.05) is 6.61 Å². The molecule has 0 amide bonds. The SMILES string of the molecule is CCCCCCCOCc1cc(C(F)(F)F)cc(C(F)(F)F)c1. The summed E-state index contributed by atoms with van der Waals surface area (Å²) in [4.78, 5) is 0. The maximum atomic E-state index is 12.7. The topological polar surface area (TPSA) is 9.23 Å². The predicted octanol–water partition coefficient (Wildman–Crippen LogP) is 6.21. The second-order valence-electron chi connectivity index (χ2n) is 5.38. The molecule has 0 spiro atoms. The van der Waals surface area contributed by atoms with Gasteiger partial charge in [-0.2, -0.15) is 26.3 Å². The van der Waals surface area contributed by atoms with Gasteiger partial charge in [-0.25, -0.2) is 0 Å². The largest absolute Gasteiger partial charge is 0.416 e. The number of hydrogen-bond donors (Lipinski definition) is 0. The number of rotatable bonds is 8. The molecule has 1 nitrogen and oxygen atoms in total. The van der Waals surface area contributed by atoms with Gasteiger partial charge < -0.3 is 4.74 Å². The van der Waals surface area contributed by atoms with E-state index in [1.165, 1.54) is 0 Å². The van der Waals surface area contributed by atoms with E-state index >= 15 is 0 Å². The van der Waals surface area contributed by atoms with Crippen molar-refractivity contribution in [1.82, 2.24) is 0 Å². The van der Waals surface area contributed by atoms with Crippen LogP contribution in [0, 0.1) is 0 Å². The Bertz CT molecular complexity index is 446. The van der Waals surface area contributed by atoms with Crippen LogP contribution >= 0.6 is 0 Å². The predicted molar refractivity (Wildman–Crippen MR) is 74.9 cm³/mol. The van der Waals surface area contributed by atoms with Crippen LogP contribution in [0.2, 0.25) is 0 Å². The summed E-state index contributed by atoms with van der Waals surface area (Å²) in [6.45, 7) is 2.13. The lowest BCUT2D eigenvalue weighted by molar-refractivity contribution is -0.143. The van der Waals surface area contributed by atoms with E-state index in [2.05, 4.69) is 6.92 Å². The van der Waals surface area contributed by atoms with Gasteiger partial charge in [0.2, 0.25) is 0 Å². The summed E-state index contributed by atoms with van der Waals surface area (Å²) in [5.74, 6) is 0. The van der Waals surface area contributed by atoms with Crippen molar-refractivity contribution in [3.8, 4) is 0 Å². The summed E-state index contributed by atoms with van der Waals surface area (Å²) in [6, 6.07) is 1.52. The van der Waals surface area contributed by atoms with Gasteiger partial charge in [-0.05, 0) is 30.2 Å². The van der Waals surface area contributed by atoms with E-state index in [1.807, 2.05) is 0 Å². The summed E-state index contributed by atoms with van der Waals surface area (Å²) in [7, 11) is 0. The minimum atomic E-state index is -4.82. The zero-order valence-corrected chi connectivity index (χ0v) is 12.9. The van der Waals surface area contributed by atoms with Gasteiger partial charge in [-0.3, -0.25) is 0 Å². The number of benzene rings is 1. The van der Waals surface area contributed by atoms with Crippen LogP contribution in [0.1, 0.15) is 55.7 Å². The van der Waals surface area contributed by atoms with E-state index in [1.54, 1.807) is 0 Å². The molecule has 132 valence electrons. The van der Waals surface area contributed by atoms with Gasteiger partial charge in [0.05, 0.1) is 17.7 Å². The van der Waals surface area contributed by atoms with Crippen molar-refractivity contribution in [3.05, 3.63) is 34.9 Å². The summed E-state index contributed by atoms with van der Waals surface area (Å²) in [5.41, 5.74) is -2.75. The van der Waals surface area contributed by atoms with Crippen molar-refractivity contribution in [1.29, 1.82) is 0 Å². The van der Waals surface area contributed by atoms with Crippen LogP contribution in [0.25, 0.3) is 0 Å². The molecule has 0 atom stereocenters. The first-order valence-corrected chi connectivity index (χ1v) is 7.50. The van der Waals surface area contributed by atoms with Crippen LogP contribution in [0.4, 0.5) is 26.3 Å². The normalized spacial score (nSPS) is 12.7. The summed E-state index contributed by atoms with van der Waals surface area (Å²) in [6.07, 6.45) is -4.74. The molecule has 0 heterocycles. The lowest BCUT2D eigenvalue weighted by atomic mass is 10.1. The molecular weight excluding hydrogens is 322 g/mol. The highest BCUT2D eigenvalue weighted by Gasteiger charge is 2.36. The maximum Gasteiger partial charge on any atom is 0.416 e. The minimum absolute atomic E-state index is 0.119. The van der Waals surface area contributed by atoms with Crippen molar-refractivity contribution < 1.29 is 31.1 Å². The highest BCUT2D eigenvalue weighted by Crippen LogP contribution is 2.36. The number of hydrogen-bond acceptors (Lipinski definition) is 1. The fourth-order valence-corrected chi connectivity index (χ4v) is 2.10. The molecule has 23 heavy (non-hydrogen) atoms. The molecule has 7 heteroatoms. The molecule has 0 radical (unpaired) electrons. The Balaban J connectivity index is 2.67. The van der Waals surface area contributed by atoms with E-state index in [4.69, 9.17) is 4.74 Å². The third kappa shape index (κ3) is 7.24. The second-order valence-corrected chi connectivity index (χ2v) is 5.38. The standard InChI is InChI=1S/C16H20F6O/c1-2-3-4-5-6-7-23-11-12-8-13(15(17,18)19)10-14(9-12)16(20,21)22/h8-10H,2-7,11H2,1H3. The Morgan fingerprint density at radius 3 is 1.78 bits per heavy atom. The van der Waals surface area contributed by atoms with Crippen molar-refractivity contribution in [3.63, 3.8) is 0 Å². The fraction of sp³-hybridized carbons (Fsp3) is 0.625. The van der Waals surface area contributed by atoms with Crippen LogP contribution in [-0.4, -0.2) is 6.61 Å². The Labute approximate surface area is 131 Å². The molecule has 0 unspecified atom stereocenters. The van der Waals surface area contributed by atoms with E-state index < -0.39 is 23.5 Å². The van der Waals surface area contributed by atoms with Crippen LogP contribution in [-0.2, 0) is 23.7 Å². The van der Waals surface area contributed by atoms with E-state index in [0.29, 0.717) is 18.7 Å². The summed E-state index contributed by atoms with van der Waals surface area (Å²) < 4.78 is 81.3. The van der Waals surface area contributed by atoms with E-state index in [9.17, 15) is 26.3 Å². The molecule has 0 fully saturated rings. The van der Waals surface area contributed by atoms with Crippen molar-refractivity contribution in [2.75, 3.05) is 6.61 Å². The Morgan fingerprint density at radius 1 is 0.783 bits per heavy atom. The minimum Gasteiger partial charge on any atom is -0.377 e. The van der Waals surface area contributed by atoms with Crippen LogP contribution in [0.3, 0.4) is 0 Å². The number of halogens is 6. The van der Waals surface area contributed by atoms with E-state index in [0.717, 1.165) is 32.1 Å². The zero-order valence-electron chi connectivity index (χ0n) is 12.9. The van der Waals surface area contributed by atoms with Crippen LogP contribution in [0.5, 0.6) is 0 Å². The van der Waals surface area contributed by atoms with Crippen molar-refractivity contribution in [2.24, 2.45) is 0 Å². The van der Waals surface area contributed by atoms with Gasteiger partial charge in [-0.1, -0.05) is 32.6 Å². The molecule has 0 aliphatic carbocycles. The lowest BCUT2D eigenvalue weighted by Gasteiger charge is -2.14. The first kappa shape index (κ1) is 19.8. The molecule has 0 aliphatic rings. The molecule has 0 N–H and O–H groups in total. The molecule has 1 rings (SSSR count). The Hall–Kier alpha value is -1.24. The second kappa shape index (κ2) is 8.57. The molecule has 0 bridgehead atoms. The average Bonchev–Trinajstić information content (AvgIpc) is 2.44. The Morgan fingerprint density at radius 2 is 1.30 bits per heavy atom. The highest BCUT2D eigenvalue weighted by atomic mass is 19.4. The molecule has 0 aromatic heterocycles. The Kier molecular flexibility index (Phi) is 7.38. The van der Waals surface area contributed by atoms with Crippen LogP contribution < -0.4 is 0 Å². The quantitative estimate of drug-likeness (QED) is 0.403. The number of unbranched alkanes of at least 4 members (excludes halogenated alkanes) is 4. The fourth-order valence-electron chi connectivity index (χ4n) is 2.10. The number of alkyl halides is 6. The van der Waals surface area contributed by atoms with Crippen molar-refractivity contribution >= 4 is 0 Å². The van der Waals surface area contributed by atoms with Gasteiger partial charge >= 0.3 is 12.4 Å². The first-order valence-electron chi connectivity index (χ1n) is 7.50. The summed E-state index contributed by atoms with van der Waals surface area (Å²) >= 11 is 0. The van der Waals surface area contributed by atoms with Crippen molar-refractivity contribution in [2.45, 2.75) is 58.0 Å². The monoisotopic (exact) mass is 342 g/mol. The molecule has 0 saturated heterocycles. The lowest BCUT2D eigenvalue weighted by Crippen LogP contribution is -2.12. The van der Waals surface area contributed by atoms with E-state index in [-0.39, 0.29) is 18.2 Å². The molecule has 1 aromatic carbocycles. The van der Waals surface area contributed by atoms with Gasteiger partial charge in [-0.15, -0.1) is 0 Å². The number of ether oxygens (including phenoxy) is 1. The molecule has 1 aromatic rings. The van der Waals surface area contributed by atoms with Gasteiger partial charge in [0.1, 0.15) is 0 Å². The van der Waals surface area contributed by atoms with Crippen LogP contribution in [0.15, 0.2) is 18.2 Å². The highest BCUT2D eigenvalue weighted by molar-refractivity contribution is 5.33. The molecule has 0 aliphatic heterocycles. The zero-order chi connectivity index (χ0) is 17.5. The third-order valence-electron chi connectivity index (χ3n) is 3.31. The molecule has 0 saturated carbocycles. The first-order chi connectivity index (χ1) is 10.6. The van der Waals surface area contributed by atoms with Gasteiger partial charge in [0.25, 0.3) is 0 Å². The molecular formula is C16H20F6O. The van der Waals surface area contributed by atoms with Gasteiger partial charge in [0.15, 0.2) is 0 Å². The maximum absolute atomic E-state index is 12.7. The smallest absolute Gasteiger partial charge is 0.377 e. The summed E-state index contributed by atoms with van der Waals surface area (Å²) in [5, 5.41) is 0.